The van der Waals surface area contributed by atoms with Gasteiger partial charge in [0.15, 0.2) is 0 Å². The number of aliphatic hydroxyl groups is 2. The molecule has 2 aromatic carbocycles. The van der Waals surface area contributed by atoms with Gasteiger partial charge in [0.05, 0.1) is 74.7 Å². The number of allylic oxidation sites excluding steroid dienone is 6. The number of amides is 8. The molecule has 680 valence electrons. The average Bonchev–Trinajstić information content (AvgIpc) is 1.57. The van der Waals surface area contributed by atoms with Crippen LogP contribution < -0.4 is 19.3 Å². The SMILES string of the molecule is COc1cc2cc(c1Cl)N(C)C(=O)C[C@H](OC(=O)[C@H](C)N(C)C(=O)CCS)[C@]1(C)O[C@H]1[C@H](C)[C@@H]1C[C@@](O)(CC(=O)O1)[C@H](OC)/C=C/C=C(\C)C2.COc1cc2cc(c1Cl)N(C)C(=O)C[C@H](OC(=O)[C@H](C)N(C)C(=O)CCS[C@H]1CC(=O)N(CC3CCC(C(=O)ON4C(=O)CCC4=O)CC3)C1=O)[C@]1(C)O[C@H]1[C@H](C)[C@@H]1C[C@@](O)(CC(=O)O1)[C@H](OC)/C=C/C=C(\C)C2. The van der Waals surface area contributed by atoms with Crippen LogP contribution >= 0.6 is 47.6 Å². The highest BCUT2D eigenvalue weighted by molar-refractivity contribution is 8.00. The van der Waals surface area contributed by atoms with E-state index >= 15 is 0 Å². The summed E-state index contributed by atoms with van der Waals surface area (Å²) in [5.41, 5.74) is -1.51. The zero-order valence-corrected chi connectivity index (χ0v) is 76.3. The van der Waals surface area contributed by atoms with Crippen LogP contribution in [0.2, 0.25) is 10.0 Å². The maximum Gasteiger partial charge on any atom is 0.336 e. The van der Waals surface area contributed by atoms with Crippen molar-refractivity contribution in [2.75, 3.05) is 84.5 Å². The number of epoxide rings is 2. The van der Waals surface area contributed by atoms with E-state index in [1.165, 1.54) is 85.7 Å². The standard InChI is InChI=1S/C52H67ClN4O16S.C36H49ClN2O10S/c1-28-10-9-11-38(69-8)52(67)25-36(70-45(63)26-52)29(2)47-51(4,72-47)39(24-43(61)55(6)34-21-32(20-28)22-35(68-7)46(34)53)71-49(65)30(3)54(5)40(58)18-19-74-37-23-44(62)56(48(37)64)27-31-12-14-33(15-13-31)50(66)73-57-41(59)16-17-42(57)60;1-20-10-9-11-27(46-8)36(44)18-26(47-31(42)19-36)21(2)33-35(4,49-33)28(48-34(43)22(3)38(5)29(40)12-13-50)17-30(41)39(6)24-15-23(14-20)16-25(45-7)32(24)37/h9-11,21-22,29-31,33,36-39,47,67H,12-20,23-27H2,1-8H3;9-11,15-16,21-22,26-28,33,44,50H,12-14,17-19H2,1-8H3/b11-9+,28-10+;11-9+,20-10+/t29-,30+,31?,33?,36+,37+,38-,39+,47+,51+,52-;21-,22+,26+,27-,28+,33+,35+,36-/m11/s1. The maximum absolute atomic E-state index is 14.4. The van der Waals surface area contributed by atoms with Crippen LogP contribution in [0.4, 0.5) is 11.4 Å². The number of likely N-dealkylation sites (tertiary alicyclic amines) is 1. The van der Waals surface area contributed by atoms with Gasteiger partial charge in [-0.05, 0) is 127 Å². The van der Waals surface area contributed by atoms with Crippen LogP contribution in [0.15, 0.2) is 71.9 Å². The van der Waals surface area contributed by atoms with Crippen LogP contribution in [0.5, 0.6) is 11.5 Å². The van der Waals surface area contributed by atoms with Gasteiger partial charge in [0.25, 0.3) is 11.8 Å². The number of imide groups is 2. The highest BCUT2D eigenvalue weighted by atomic mass is 35.5. The summed E-state index contributed by atoms with van der Waals surface area (Å²) in [5, 5.41) is 24.0. The fourth-order valence-corrected chi connectivity index (χ4v) is 19.2. The molecular weight excluding hydrogens is 1690 g/mol. The molecule has 6 saturated heterocycles. The molecule has 2 N–H and O–H groups in total. The number of thiol groups is 1. The third kappa shape index (κ3) is 22.4. The van der Waals surface area contributed by atoms with Gasteiger partial charge in [-0.2, -0.15) is 12.6 Å². The number of thioether (sulfide) groups is 1. The average molecular weight is 1810 g/mol. The molecule has 7 fully saturated rings. The highest BCUT2D eigenvalue weighted by Gasteiger charge is 2.66. The Labute approximate surface area is 742 Å². The molecule has 1 aliphatic carbocycles. The zero-order valence-electron chi connectivity index (χ0n) is 73.1. The Morgan fingerprint density at radius 2 is 1.05 bits per heavy atom. The van der Waals surface area contributed by atoms with Gasteiger partial charge in [0.2, 0.25) is 35.4 Å². The Kier molecular flexibility index (Phi) is 32.4. The first-order valence-corrected chi connectivity index (χ1v) is 44.2. The Morgan fingerprint density at radius 3 is 1.46 bits per heavy atom. The van der Waals surface area contributed by atoms with E-state index in [1.807, 2.05) is 32.9 Å². The van der Waals surface area contributed by atoms with E-state index in [0.29, 0.717) is 72.2 Å². The molecule has 32 nitrogen and oxygen atoms in total. The fourth-order valence-electron chi connectivity index (χ4n) is 17.3. The van der Waals surface area contributed by atoms with E-state index in [0.717, 1.165) is 22.3 Å². The molecule has 8 bridgehead atoms. The summed E-state index contributed by atoms with van der Waals surface area (Å²) < 4.78 is 58.9. The van der Waals surface area contributed by atoms with Gasteiger partial charge in [0.1, 0.15) is 92.7 Å². The van der Waals surface area contributed by atoms with E-state index in [-0.39, 0.29) is 117 Å². The topological polar surface area (TPSA) is 390 Å². The summed E-state index contributed by atoms with van der Waals surface area (Å²) in [6.07, 6.45) is 5.25. The molecule has 8 aliphatic heterocycles. The lowest BCUT2D eigenvalue weighted by molar-refractivity contribution is -0.201. The Morgan fingerprint density at radius 1 is 0.621 bits per heavy atom. The normalized spacial score (nSPS) is 32.4. The summed E-state index contributed by atoms with van der Waals surface area (Å²) in [5.74, 6) is -7.28. The summed E-state index contributed by atoms with van der Waals surface area (Å²) in [6.45, 7) is 14.1. The third-order valence-corrected chi connectivity index (χ3v) is 27.7. The second-order valence-corrected chi connectivity index (χ2v) is 36.8. The third-order valence-electron chi connectivity index (χ3n) is 25.5. The van der Waals surface area contributed by atoms with Gasteiger partial charge in [-0.1, -0.05) is 84.7 Å². The van der Waals surface area contributed by atoms with E-state index in [1.54, 1.807) is 90.4 Å². The predicted octanol–water partition coefficient (Wildman–Crippen LogP) is 8.51. The molecule has 8 heterocycles. The lowest BCUT2D eigenvalue weighted by Gasteiger charge is -2.41. The number of benzene rings is 2. The molecule has 1 saturated carbocycles. The van der Waals surface area contributed by atoms with Crippen molar-refractivity contribution < 1.29 is 125 Å². The Bertz CT molecular complexity index is 4540. The smallest absolute Gasteiger partial charge is 0.336 e. The molecule has 0 spiro atoms. The monoisotopic (exact) mass is 1810 g/mol. The molecule has 8 amide bonds. The molecular formula is C88H116Cl2N6O26S2. The van der Waals surface area contributed by atoms with Crippen molar-refractivity contribution in [3.63, 3.8) is 0 Å². The summed E-state index contributed by atoms with van der Waals surface area (Å²) in [4.78, 5) is 183. The number of esters is 4. The van der Waals surface area contributed by atoms with Crippen molar-refractivity contribution in [3.05, 3.63) is 93.0 Å². The number of hydrogen-bond donors (Lipinski definition) is 3. The molecule has 11 rings (SSSR count). The van der Waals surface area contributed by atoms with E-state index in [9.17, 15) is 72.5 Å². The number of hydroxylamine groups is 2. The number of likely N-dealkylation sites (N-methyl/N-ethyl adjacent to an activating group) is 2. The summed E-state index contributed by atoms with van der Waals surface area (Å²) in [6, 6.07) is 5.02. The lowest BCUT2D eigenvalue weighted by atomic mass is 9.78. The van der Waals surface area contributed by atoms with Crippen molar-refractivity contribution >= 4 is 136 Å². The second kappa shape index (κ2) is 41.1. The zero-order chi connectivity index (χ0) is 91.1. The number of anilines is 2. The molecule has 0 radical (unpaired) electrons. The first-order chi connectivity index (χ1) is 58.5. The number of ether oxygens (including phenoxy) is 10. The van der Waals surface area contributed by atoms with Gasteiger partial charge >= 0.3 is 29.8 Å². The maximum atomic E-state index is 14.4. The number of fused-ring (bicyclic) bond motifs is 10. The van der Waals surface area contributed by atoms with Gasteiger partial charge in [-0.15, -0.1) is 16.8 Å². The molecule has 0 unspecified atom stereocenters. The van der Waals surface area contributed by atoms with Crippen molar-refractivity contribution in [2.45, 2.75) is 253 Å². The number of nitrogens with zero attached hydrogens (tertiary/aromatic N) is 6. The van der Waals surface area contributed by atoms with Crippen LogP contribution in [0, 0.1) is 23.7 Å². The van der Waals surface area contributed by atoms with Crippen LogP contribution in [-0.2, 0) is 118 Å². The van der Waals surface area contributed by atoms with E-state index in [2.05, 4.69) is 12.6 Å². The Balaban J connectivity index is 0.000000280. The van der Waals surface area contributed by atoms with Gasteiger partial charge in [-0.25, -0.2) is 14.4 Å². The van der Waals surface area contributed by atoms with Crippen molar-refractivity contribution in [2.24, 2.45) is 23.7 Å². The minimum atomic E-state index is -1.64. The minimum Gasteiger partial charge on any atom is -0.495 e. The minimum absolute atomic E-state index is 0.00121. The molecule has 124 heavy (non-hydrogen) atoms. The predicted molar refractivity (Wildman–Crippen MR) is 457 cm³/mol. The molecule has 9 aliphatic rings. The van der Waals surface area contributed by atoms with Crippen molar-refractivity contribution in [3.8, 4) is 11.5 Å². The van der Waals surface area contributed by atoms with Crippen molar-refractivity contribution in [1.82, 2.24) is 19.8 Å². The number of carbonyl (C=O) groups excluding carboxylic acids is 13. The first kappa shape index (κ1) is 97.7. The number of rotatable bonds is 20. The number of halogens is 2. The van der Waals surface area contributed by atoms with Crippen molar-refractivity contribution in [1.29, 1.82) is 0 Å². The van der Waals surface area contributed by atoms with Crippen LogP contribution in [0.1, 0.15) is 163 Å². The Hall–Kier alpha value is -8.45. The largest absolute Gasteiger partial charge is 0.495 e. The van der Waals surface area contributed by atoms with Gasteiger partial charge < -0.3 is 82.0 Å². The lowest BCUT2D eigenvalue weighted by Crippen LogP contribution is -2.53. The van der Waals surface area contributed by atoms with Gasteiger partial charge in [0, 0.05) is 111 Å². The number of methoxy groups -OCH3 is 4. The van der Waals surface area contributed by atoms with E-state index < -0.39 is 166 Å². The summed E-state index contributed by atoms with van der Waals surface area (Å²) >= 11 is 18.8. The number of hydrogen-bond acceptors (Lipinski definition) is 28. The molecule has 36 heteroatoms. The highest BCUT2D eigenvalue weighted by Crippen LogP contribution is 2.53. The second-order valence-electron chi connectivity index (χ2n) is 34.3. The summed E-state index contributed by atoms with van der Waals surface area (Å²) in [7, 11) is 11.9. The van der Waals surface area contributed by atoms with Crippen LogP contribution in [0.3, 0.4) is 0 Å². The fraction of sp³-hybridized carbons (Fsp3) is 0.625. The molecule has 2 aromatic rings. The van der Waals surface area contributed by atoms with E-state index in [4.69, 9.17) is 75.4 Å². The quantitative estimate of drug-likeness (QED) is 0.0367. The van der Waals surface area contributed by atoms with Crippen LogP contribution in [0.25, 0.3) is 0 Å². The van der Waals surface area contributed by atoms with Gasteiger partial charge in [-0.3, -0.25) is 52.8 Å². The first-order valence-electron chi connectivity index (χ1n) is 41.7. The molecule has 0 aromatic heterocycles. The van der Waals surface area contributed by atoms with Crippen LogP contribution in [-0.4, -0.2) is 270 Å². The molecule has 17 atom stereocenters. The number of carbonyl (C=O) groups is 13.